The predicted octanol–water partition coefficient (Wildman–Crippen LogP) is 5.17. The van der Waals surface area contributed by atoms with Gasteiger partial charge < -0.3 is 10.1 Å². The molecule has 0 bridgehead atoms. The van der Waals surface area contributed by atoms with Crippen molar-refractivity contribution in [3.63, 3.8) is 0 Å². The number of nitrogens with zero attached hydrogens (tertiary/aromatic N) is 1. The van der Waals surface area contributed by atoms with Crippen LogP contribution in [0.1, 0.15) is 22.0 Å². The average molecular weight is 437 g/mol. The van der Waals surface area contributed by atoms with Crippen LogP contribution < -0.4 is 10.1 Å². The molecular weight excluding hydrogens is 411 g/mol. The summed E-state index contributed by atoms with van der Waals surface area (Å²) < 4.78 is 6.26. The van der Waals surface area contributed by atoms with E-state index < -0.39 is 0 Å². The fourth-order valence-electron chi connectivity index (χ4n) is 3.49. The minimum absolute atomic E-state index is 0. The molecule has 2 aromatic carbocycles. The van der Waals surface area contributed by atoms with Crippen molar-refractivity contribution >= 4 is 36.2 Å². The first-order valence-electron chi connectivity index (χ1n) is 9.15. The maximum Gasteiger partial charge on any atom is 0.124 e. The van der Waals surface area contributed by atoms with E-state index in [0.29, 0.717) is 6.61 Å². The number of para-hydroxylation sites is 1. The van der Waals surface area contributed by atoms with Crippen LogP contribution in [0.25, 0.3) is 0 Å². The lowest BCUT2D eigenvalue weighted by molar-refractivity contribution is 0.195. The number of halogens is 2. The van der Waals surface area contributed by atoms with Gasteiger partial charge in [-0.3, -0.25) is 4.90 Å². The van der Waals surface area contributed by atoms with Gasteiger partial charge in [-0.2, -0.15) is 0 Å². The quantitative estimate of drug-likeness (QED) is 0.576. The number of nitrogens with one attached hydrogen (secondary N) is 1. The van der Waals surface area contributed by atoms with Crippen molar-refractivity contribution in [2.75, 3.05) is 26.2 Å². The smallest absolute Gasteiger partial charge is 0.124 e. The van der Waals surface area contributed by atoms with Gasteiger partial charge in [0.15, 0.2) is 0 Å². The molecular formula is C22H26Cl2N2OS. The molecule has 1 aliphatic rings. The molecule has 3 aromatic rings. The van der Waals surface area contributed by atoms with Gasteiger partial charge in [-0.1, -0.05) is 54.6 Å². The van der Waals surface area contributed by atoms with E-state index in [2.05, 4.69) is 76.3 Å². The lowest BCUT2D eigenvalue weighted by Crippen LogP contribution is -2.45. The first kappa shape index (κ1) is 22.7. The van der Waals surface area contributed by atoms with Crippen LogP contribution in [0.4, 0.5) is 0 Å². The summed E-state index contributed by atoms with van der Waals surface area (Å²) in [6.07, 6.45) is 0. The Balaban J connectivity index is 0.00000140. The molecule has 28 heavy (non-hydrogen) atoms. The molecule has 1 aliphatic heterocycles. The molecule has 1 N–H and O–H groups in total. The van der Waals surface area contributed by atoms with Crippen LogP contribution in [0.3, 0.4) is 0 Å². The van der Waals surface area contributed by atoms with E-state index in [4.69, 9.17) is 4.74 Å². The zero-order valence-corrected chi connectivity index (χ0v) is 18.1. The zero-order chi connectivity index (χ0) is 17.6. The summed E-state index contributed by atoms with van der Waals surface area (Å²) in [5.41, 5.74) is 2.45. The van der Waals surface area contributed by atoms with Gasteiger partial charge in [0.2, 0.25) is 0 Å². The van der Waals surface area contributed by atoms with Gasteiger partial charge in [0.05, 0.1) is 6.04 Å². The second kappa shape index (κ2) is 11.4. The van der Waals surface area contributed by atoms with Crippen LogP contribution in [0, 0.1) is 0 Å². The van der Waals surface area contributed by atoms with E-state index in [9.17, 15) is 0 Å². The van der Waals surface area contributed by atoms with Gasteiger partial charge in [0, 0.05) is 36.6 Å². The molecule has 0 amide bonds. The fourth-order valence-corrected chi connectivity index (χ4v) is 4.37. The molecule has 4 rings (SSSR count). The van der Waals surface area contributed by atoms with Gasteiger partial charge in [0.25, 0.3) is 0 Å². The average Bonchev–Trinajstić information content (AvgIpc) is 3.23. The molecule has 1 aromatic heterocycles. The second-order valence-corrected chi connectivity index (χ2v) is 7.50. The summed E-state index contributed by atoms with van der Waals surface area (Å²) in [5.74, 6) is 0.980. The fraction of sp³-hybridized carbons (Fsp3) is 0.273. The molecule has 0 spiro atoms. The SMILES string of the molecule is Cl.Cl.c1ccc(COc2ccccc2[C@H](c2cccs2)N2CCNCC2)cc1. The van der Waals surface area contributed by atoms with Crippen LogP contribution in [0.15, 0.2) is 72.1 Å². The monoisotopic (exact) mass is 436 g/mol. The van der Waals surface area contributed by atoms with Crippen LogP contribution in [-0.4, -0.2) is 31.1 Å². The zero-order valence-electron chi connectivity index (χ0n) is 15.6. The lowest BCUT2D eigenvalue weighted by Gasteiger charge is -2.35. The molecule has 150 valence electrons. The van der Waals surface area contributed by atoms with E-state index in [1.165, 1.54) is 16.0 Å². The number of ether oxygens (including phenoxy) is 1. The molecule has 0 aliphatic carbocycles. The van der Waals surface area contributed by atoms with Crippen molar-refractivity contribution in [2.45, 2.75) is 12.6 Å². The molecule has 0 unspecified atom stereocenters. The first-order valence-corrected chi connectivity index (χ1v) is 10.0. The Labute approximate surface area is 183 Å². The number of piperazine rings is 1. The van der Waals surface area contributed by atoms with Crippen LogP contribution in [0.2, 0.25) is 0 Å². The number of thiophene rings is 1. The minimum atomic E-state index is 0. The highest BCUT2D eigenvalue weighted by molar-refractivity contribution is 7.10. The van der Waals surface area contributed by atoms with E-state index in [1.807, 2.05) is 17.4 Å². The molecule has 1 fully saturated rings. The number of rotatable bonds is 6. The third kappa shape index (κ3) is 5.49. The van der Waals surface area contributed by atoms with Crippen molar-refractivity contribution < 1.29 is 4.74 Å². The largest absolute Gasteiger partial charge is 0.489 e. The molecule has 0 saturated carbocycles. The van der Waals surface area contributed by atoms with E-state index in [0.717, 1.165) is 31.9 Å². The van der Waals surface area contributed by atoms with Crippen molar-refractivity contribution in [1.82, 2.24) is 10.2 Å². The highest BCUT2D eigenvalue weighted by atomic mass is 35.5. The third-order valence-electron chi connectivity index (χ3n) is 4.78. The highest BCUT2D eigenvalue weighted by Crippen LogP contribution is 2.37. The number of hydrogen-bond acceptors (Lipinski definition) is 4. The number of benzene rings is 2. The minimum Gasteiger partial charge on any atom is -0.489 e. The Morgan fingerprint density at radius 3 is 2.32 bits per heavy atom. The first-order chi connectivity index (χ1) is 12.9. The van der Waals surface area contributed by atoms with E-state index >= 15 is 0 Å². The second-order valence-electron chi connectivity index (χ2n) is 6.52. The normalized spacial score (nSPS) is 15.1. The summed E-state index contributed by atoms with van der Waals surface area (Å²) in [6, 6.07) is 23.5. The van der Waals surface area contributed by atoms with Crippen molar-refractivity contribution in [2.24, 2.45) is 0 Å². The van der Waals surface area contributed by atoms with Crippen LogP contribution >= 0.6 is 36.2 Å². The maximum absolute atomic E-state index is 6.26. The molecule has 6 heteroatoms. The Bertz CT molecular complexity index is 808. The van der Waals surface area contributed by atoms with Gasteiger partial charge in [-0.05, 0) is 23.1 Å². The predicted molar refractivity (Wildman–Crippen MR) is 122 cm³/mol. The van der Waals surface area contributed by atoms with Crippen LogP contribution in [-0.2, 0) is 6.61 Å². The maximum atomic E-state index is 6.26. The molecule has 2 heterocycles. The standard InChI is InChI=1S/C22H24N2OS.2ClH/c1-2-7-18(8-3-1)17-25-20-10-5-4-9-19(20)22(21-11-6-16-26-21)24-14-12-23-13-15-24;;/h1-11,16,22-23H,12-15,17H2;2*1H/t22-;;/m1../s1. The van der Waals surface area contributed by atoms with Gasteiger partial charge in [-0.15, -0.1) is 36.2 Å². The van der Waals surface area contributed by atoms with E-state index in [1.54, 1.807) is 0 Å². The lowest BCUT2D eigenvalue weighted by atomic mass is 10.0. The molecule has 1 atom stereocenters. The topological polar surface area (TPSA) is 24.5 Å². The Morgan fingerprint density at radius 2 is 1.61 bits per heavy atom. The van der Waals surface area contributed by atoms with E-state index in [-0.39, 0.29) is 30.9 Å². The summed E-state index contributed by atoms with van der Waals surface area (Å²) in [5, 5.41) is 5.62. The van der Waals surface area contributed by atoms with Gasteiger partial charge >= 0.3 is 0 Å². The summed E-state index contributed by atoms with van der Waals surface area (Å²) >= 11 is 1.83. The Hall–Kier alpha value is -1.56. The van der Waals surface area contributed by atoms with Gasteiger partial charge in [0.1, 0.15) is 12.4 Å². The van der Waals surface area contributed by atoms with Crippen molar-refractivity contribution in [3.8, 4) is 5.75 Å². The summed E-state index contributed by atoms with van der Waals surface area (Å²) in [6.45, 7) is 4.77. The van der Waals surface area contributed by atoms with Crippen LogP contribution in [0.5, 0.6) is 5.75 Å². The van der Waals surface area contributed by atoms with Crippen molar-refractivity contribution in [1.29, 1.82) is 0 Å². The number of hydrogen-bond donors (Lipinski definition) is 1. The molecule has 1 saturated heterocycles. The molecule has 3 nitrogen and oxygen atoms in total. The summed E-state index contributed by atoms with van der Waals surface area (Å²) in [7, 11) is 0. The van der Waals surface area contributed by atoms with Crippen molar-refractivity contribution in [3.05, 3.63) is 88.1 Å². The third-order valence-corrected chi connectivity index (χ3v) is 5.70. The van der Waals surface area contributed by atoms with Gasteiger partial charge in [-0.25, -0.2) is 0 Å². The Morgan fingerprint density at radius 1 is 0.893 bits per heavy atom. The summed E-state index contributed by atoms with van der Waals surface area (Å²) in [4.78, 5) is 3.94. The Kier molecular flexibility index (Phi) is 9.29. The molecule has 0 radical (unpaired) electrons. The highest BCUT2D eigenvalue weighted by Gasteiger charge is 2.27.